The topological polar surface area (TPSA) is 122 Å². The van der Waals surface area contributed by atoms with Crippen molar-refractivity contribution in [3.63, 3.8) is 0 Å². The molecule has 3 amide bonds. The lowest BCUT2D eigenvalue weighted by molar-refractivity contribution is -0.117. The summed E-state index contributed by atoms with van der Waals surface area (Å²) < 4.78 is 1.44. The van der Waals surface area contributed by atoms with Crippen molar-refractivity contribution in [1.29, 1.82) is 0 Å². The number of thioether (sulfide) groups is 1. The Hall–Kier alpha value is -2.62. The highest BCUT2D eigenvalue weighted by molar-refractivity contribution is 7.99. The van der Waals surface area contributed by atoms with Crippen LogP contribution < -0.4 is 10.6 Å². The summed E-state index contributed by atoms with van der Waals surface area (Å²) in [6, 6.07) is 5.79. The van der Waals surface area contributed by atoms with Gasteiger partial charge in [-0.2, -0.15) is 4.68 Å². The van der Waals surface area contributed by atoms with Gasteiger partial charge in [-0.15, -0.1) is 5.10 Å². The Balaban J connectivity index is 1.91. The second-order valence-corrected chi connectivity index (χ2v) is 5.95. The maximum atomic E-state index is 11.8. The van der Waals surface area contributed by atoms with Crippen molar-refractivity contribution >= 4 is 23.7 Å². The van der Waals surface area contributed by atoms with E-state index in [0.717, 1.165) is 18.2 Å². The molecule has 0 saturated carbocycles. The van der Waals surface area contributed by atoms with E-state index in [1.165, 1.54) is 16.8 Å². The number of carbonyl (C=O) groups excluding carboxylic acids is 2. The Morgan fingerprint density at radius 1 is 1.33 bits per heavy atom. The Labute approximate surface area is 142 Å². The normalized spacial score (nSPS) is 11.8. The van der Waals surface area contributed by atoms with Crippen LogP contribution in [0.3, 0.4) is 0 Å². The number of tetrazole rings is 1. The highest BCUT2D eigenvalue weighted by atomic mass is 32.2. The molecular weight excluding hydrogens is 332 g/mol. The van der Waals surface area contributed by atoms with Crippen LogP contribution in [0.2, 0.25) is 0 Å². The van der Waals surface area contributed by atoms with Crippen molar-refractivity contribution in [2.45, 2.75) is 31.5 Å². The number of phenolic OH excluding ortho intramolecular Hbond substituents is 1. The van der Waals surface area contributed by atoms with E-state index in [4.69, 9.17) is 0 Å². The molecule has 1 aromatic carbocycles. The van der Waals surface area contributed by atoms with E-state index < -0.39 is 11.9 Å². The van der Waals surface area contributed by atoms with Crippen LogP contribution in [0, 0.1) is 0 Å². The number of benzene rings is 1. The molecule has 0 aliphatic rings. The van der Waals surface area contributed by atoms with E-state index in [1.807, 2.05) is 13.8 Å². The van der Waals surface area contributed by atoms with Gasteiger partial charge in [0.15, 0.2) is 0 Å². The highest BCUT2D eigenvalue weighted by Crippen LogP contribution is 2.19. The average molecular weight is 350 g/mol. The predicted molar refractivity (Wildman–Crippen MR) is 88.0 cm³/mol. The van der Waals surface area contributed by atoms with E-state index in [-0.39, 0.29) is 17.5 Å². The van der Waals surface area contributed by atoms with Crippen LogP contribution in [-0.2, 0) is 4.79 Å². The zero-order valence-corrected chi connectivity index (χ0v) is 14.1. The lowest BCUT2D eigenvalue weighted by Crippen LogP contribution is -2.43. The highest BCUT2D eigenvalue weighted by Gasteiger charge is 2.14. The van der Waals surface area contributed by atoms with Gasteiger partial charge in [0.1, 0.15) is 5.75 Å². The Bertz CT molecular complexity index is 703. The zero-order valence-electron chi connectivity index (χ0n) is 13.3. The number of nitrogens with zero attached hydrogens (tertiary/aromatic N) is 4. The van der Waals surface area contributed by atoms with E-state index in [9.17, 15) is 14.7 Å². The Morgan fingerprint density at radius 3 is 2.71 bits per heavy atom. The van der Waals surface area contributed by atoms with Gasteiger partial charge < -0.3 is 10.4 Å². The smallest absolute Gasteiger partial charge is 0.321 e. The van der Waals surface area contributed by atoms with Crippen LogP contribution in [0.5, 0.6) is 5.75 Å². The van der Waals surface area contributed by atoms with Crippen LogP contribution in [-0.4, -0.2) is 49.0 Å². The number of hydrogen-bond acceptors (Lipinski definition) is 7. The zero-order chi connectivity index (χ0) is 17.5. The van der Waals surface area contributed by atoms with E-state index in [0.29, 0.717) is 10.8 Å². The maximum absolute atomic E-state index is 11.8. The molecule has 0 fully saturated rings. The summed E-state index contributed by atoms with van der Waals surface area (Å²) in [4.78, 5) is 23.4. The fraction of sp³-hybridized carbons (Fsp3) is 0.357. The van der Waals surface area contributed by atoms with Crippen LogP contribution in [0.4, 0.5) is 4.79 Å². The quantitative estimate of drug-likeness (QED) is 0.666. The van der Waals surface area contributed by atoms with E-state index in [2.05, 4.69) is 26.2 Å². The number of urea groups is 1. The molecule has 0 aliphatic carbocycles. The third kappa shape index (κ3) is 4.95. The number of rotatable bonds is 6. The summed E-state index contributed by atoms with van der Waals surface area (Å²) in [5.41, 5.74) is 0.648. The number of phenols is 1. The summed E-state index contributed by atoms with van der Waals surface area (Å²) in [6.07, 6.45) is 0.776. The molecule has 0 unspecified atom stereocenters. The van der Waals surface area contributed by atoms with Crippen molar-refractivity contribution in [1.82, 2.24) is 30.8 Å². The molecule has 0 aliphatic heterocycles. The van der Waals surface area contributed by atoms with Gasteiger partial charge in [-0.3, -0.25) is 10.1 Å². The number of amides is 3. The molecular formula is C14H18N6O3S. The van der Waals surface area contributed by atoms with Crippen LogP contribution in [0.1, 0.15) is 20.3 Å². The molecule has 3 N–H and O–H groups in total. The SMILES string of the molecule is CC[C@@H](C)NC(=O)NC(=O)CSc1nnnn1-c1ccc(O)cc1. The number of aromatic nitrogens is 4. The summed E-state index contributed by atoms with van der Waals surface area (Å²) in [5, 5.41) is 25.9. The van der Waals surface area contributed by atoms with Gasteiger partial charge >= 0.3 is 6.03 Å². The van der Waals surface area contributed by atoms with Gasteiger partial charge in [0.2, 0.25) is 11.1 Å². The van der Waals surface area contributed by atoms with Gasteiger partial charge in [-0.25, -0.2) is 4.79 Å². The summed E-state index contributed by atoms with van der Waals surface area (Å²) >= 11 is 1.10. The third-order valence-electron chi connectivity index (χ3n) is 3.11. The first-order valence-corrected chi connectivity index (χ1v) is 8.29. The molecule has 128 valence electrons. The van der Waals surface area contributed by atoms with Gasteiger partial charge in [0.25, 0.3) is 0 Å². The second-order valence-electron chi connectivity index (χ2n) is 5.01. The summed E-state index contributed by atoms with van der Waals surface area (Å²) in [6.45, 7) is 3.79. The van der Waals surface area contributed by atoms with Gasteiger partial charge in [-0.1, -0.05) is 18.7 Å². The molecule has 24 heavy (non-hydrogen) atoms. The largest absolute Gasteiger partial charge is 0.508 e. The van der Waals surface area contributed by atoms with Crippen LogP contribution in [0.25, 0.3) is 5.69 Å². The molecule has 1 aromatic heterocycles. The first-order valence-electron chi connectivity index (χ1n) is 7.30. The fourth-order valence-electron chi connectivity index (χ4n) is 1.68. The number of aromatic hydroxyl groups is 1. The predicted octanol–water partition coefficient (Wildman–Crippen LogP) is 1.08. The summed E-state index contributed by atoms with van der Waals surface area (Å²) in [5.74, 6) is -0.319. The van der Waals surface area contributed by atoms with E-state index in [1.54, 1.807) is 12.1 Å². The molecule has 2 aromatic rings. The molecule has 1 heterocycles. The molecule has 9 nitrogen and oxygen atoms in total. The molecule has 0 saturated heterocycles. The minimum Gasteiger partial charge on any atom is -0.508 e. The fourth-order valence-corrected chi connectivity index (χ4v) is 2.37. The molecule has 10 heteroatoms. The molecule has 1 atom stereocenters. The molecule has 2 rings (SSSR count). The number of imide groups is 1. The minimum absolute atomic E-state index is 0.00718. The Morgan fingerprint density at radius 2 is 2.04 bits per heavy atom. The van der Waals surface area contributed by atoms with Crippen LogP contribution >= 0.6 is 11.8 Å². The number of nitrogens with one attached hydrogen (secondary N) is 2. The lowest BCUT2D eigenvalue weighted by atomic mass is 10.3. The lowest BCUT2D eigenvalue weighted by Gasteiger charge is -2.11. The van der Waals surface area contributed by atoms with Gasteiger partial charge in [0.05, 0.1) is 11.4 Å². The van der Waals surface area contributed by atoms with E-state index >= 15 is 0 Å². The van der Waals surface area contributed by atoms with Gasteiger partial charge in [0, 0.05) is 6.04 Å². The van der Waals surface area contributed by atoms with Crippen molar-refractivity contribution in [2.24, 2.45) is 0 Å². The van der Waals surface area contributed by atoms with Gasteiger partial charge in [-0.05, 0) is 48.0 Å². The first-order chi connectivity index (χ1) is 11.5. The van der Waals surface area contributed by atoms with Crippen molar-refractivity contribution < 1.29 is 14.7 Å². The third-order valence-corrected chi connectivity index (χ3v) is 4.03. The van der Waals surface area contributed by atoms with Crippen molar-refractivity contribution in [3.05, 3.63) is 24.3 Å². The number of hydrogen-bond donors (Lipinski definition) is 3. The second kappa shape index (κ2) is 8.29. The van der Waals surface area contributed by atoms with Crippen molar-refractivity contribution in [2.75, 3.05) is 5.75 Å². The monoisotopic (exact) mass is 350 g/mol. The minimum atomic E-state index is -0.520. The molecule has 0 radical (unpaired) electrons. The number of carbonyl (C=O) groups is 2. The maximum Gasteiger partial charge on any atom is 0.321 e. The molecule has 0 spiro atoms. The van der Waals surface area contributed by atoms with Crippen LogP contribution in [0.15, 0.2) is 29.4 Å². The average Bonchev–Trinajstić information content (AvgIpc) is 3.02. The first kappa shape index (κ1) is 17.7. The van der Waals surface area contributed by atoms with Crippen molar-refractivity contribution in [3.8, 4) is 11.4 Å². The summed E-state index contributed by atoms with van der Waals surface area (Å²) in [7, 11) is 0. The Kier molecular flexibility index (Phi) is 6.13. The molecule has 0 bridgehead atoms. The standard InChI is InChI=1S/C14H18N6O3S/c1-3-9(2)15-13(23)16-12(22)8-24-14-17-18-19-20(14)10-4-6-11(21)7-5-10/h4-7,9,21H,3,8H2,1-2H3,(H2,15,16,22,23)/t9-/m1/s1.